The fraction of sp³-hybridized carbons (Fsp3) is 0.636. The third-order valence-corrected chi connectivity index (χ3v) is 2.95. The summed E-state index contributed by atoms with van der Waals surface area (Å²) in [5.74, 6) is -0.659. The molecule has 20 heavy (non-hydrogen) atoms. The number of amides is 1. The van der Waals surface area contributed by atoms with Crippen LogP contribution in [0.25, 0.3) is 0 Å². The highest BCUT2D eigenvalue weighted by molar-refractivity contribution is 5.92. The minimum absolute atomic E-state index is 0.168. The summed E-state index contributed by atoms with van der Waals surface area (Å²) >= 11 is 0. The summed E-state index contributed by atoms with van der Waals surface area (Å²) in [5.41, 5.74) is -1.34. The molecular weight excluding hydrogens is 277 g/mol. The summed E-state index contributed by atoms with van der Waals surface area (Å²) in [5, 5.41) is 7.66. The van der Waals surface area contributed by atoms with Crippen molar-refractivity contribution < 1.29 is 22.7 Å². The van der Waals surface area contributed by atoms with Gasteiger partial charge < -0.3 is 15.0 Å². The van der Waals surface area contributed by atoms with Crippen molar-refractivity contribution in [3.63, 3.8) is 0 Å². The number of aromatic amines is 1. The monoisotopic (exact) mass is 292 g/mol. The van der Waals surface area contributed by atoms with Crippen molar-refractivity contribution in [2.45, 2.75) is 12.3 Å². The molecular formula is C11H15F3N4O2. The van der Waals surface area contributed by atoms with Crippen LogP contribution in [0.2, 0.25) is 0 Å². The molecule has 112 valence electrons. The van der Waals surface area contributed by atoms with E-state index in [9.17, 15) is 18.0 Å². The maximum Gasteiger partial charge on any atom is 0.432 e. The fourth-order valence-electron chi connectivity index (χ4n) is 1.87. The number of ether oxygens (including phenoxy) is 1. The molecule has 0 aliphatic carbocycles. The van der Waals surface area contributed by atoms with Crippen LogP contribution in [0.1, 0.15) is 16.2 Å². The van der Waals surface area contributed by atoms with Crippen LogP contribution in [0, 0.1) is 0 Å². The number of carbonyl (C=O) groups is 1. The number of nitrogens with one attached hydrogen (secondary N) is 2. The minimum atomic E-state index is -4.54. The molecule has 0 unspecified atom stereocenters. The van der Waals surface area contributed by atoms with Crippen molar-refractivity contribution in [3.8, 4) is 0 Å². The lowest BCUT2D eigenvalue weighted by Crippen LogP contribution is -2.45. The van der Waals surface area contributed by atoms with E-state index in [1.165, 1.54) is 0 Å². The molecule has 9 heteroatoms. The zero-order chi connectivity index (χ0) is 14.8. The average Bonchev–Trinajstić information content (AvgIpc) is 2.85. The van der Waals surface area contributed by atoms with E-state index in [4.69, 9.17) is 4.74 Å². The highest BCUT2D eigenvalue weighted by Gasteiger charge is 2.33. The van der Waals surface area contributed by atoms with Crippen LogP contribution < -0.4 is 5.32 Å². The molecule has 2 N–H and O–H groups in total. The standard InChI is InChI=1S/C11H15F3N4O2/c1-18-2-3-20-7(6-18)5-15-10(19)8-4-9(17-16-8)11(12,13)14/h4,7H,2-3,5-6H2,1H3,(H,15,19)(H,16,17)/t7-/m0/s1. The van der Waals surface area contributed by atoms with Gasteiger partial charge in [-0.3, -0.25) is 9.89 Å². The number of hydrogen-bond donors (Lipinski definition) is 2. The van der Waals surface area contributed by atoms with Gasteiger partial charge >= 0.3 is 6.18 Å². The van der Waals surface area contributed by atoms with Crippen molar-refractivity contribution in [3.05, 3.63) is 17.5 Å². The first-order chi connectivity index (χ1) is 9.36. The van der Waals surface area contributed by atoms with E-state index < -0.39 is 17.8 Å². The van der Waals surface area contributed by atoms with Crippen molar-refractivity contribution >= 4 is 5.91 Å². The van der Waals surface area contributed by atoms with E-state index in [0.29, 0.717) is 19.2 Å². The molecule has 2 heterocycles. The van der Waals surface area contributed by atoms with E-state index >= 15 is 0 Å². The smallest absolute Gasteiger partial charge is 0.374 e. The van der Waals surface area contributed by atoms with Gasteiger partial charge in [-0.15, -0.1) is 0 Å². The summed E-state index contributed by atoms with van der Waals surface area (Å²) in [7, 11) is 1.93. The summed E-state index contributed by atoms with van der Waals surface area (Å²) in [6.07, 6.45) is -4.71. The largest absolute Gasteiger partial charge is 0.432 e. The molecule has 6 nitrogen and oxygen atoms in total. The lowest BCUT2D eigenvalue weighted by molar-refractivity contribution is -0.141. The van der Waals surface area contributed by atoms with Crippen LogP contribution in [0.4, 0.5) is 13.2 Å². The average molecular weight is 292 g/mol. The van der Waals surface area contributed by atoms with Gasteiger partial charge in [0, 0.05) is 25.7 Å². The number of rotatable bonds is 3. The lowest BCUT2D eigenvalue weighted by Gasteiger charge is -2.29. The zero-order valence-electron chi connectivity index (χ0n) is 10.8. The van der Waals surface area contributed by atoms with E-state index in [-0.39, 0.29) is 18.3 Å². The van der Waals surface area contributed by atoms with Crippen LogP contribution in [0.15, 0.2) is 6.07 Å². The summed E-state index contributed by atoms with van der Waals surface area (Å²) in [4.78, 5) is 13.7. The van der Waals surface area contributed by atoms with Gasteiger partial charge in [-0.2, -0.15) is 18.3 Å². The second-order valence-electron chi connectivity index (χ2n) is 4.63. The van der Waals surface area contributed by atoms with Crippen LogP contribution in [-0.4, -0.2) is 60.4 Å². The maximum absolute atomic E-state index is 12.4. The predicted octanol–water partition coefficient (Wildman–Crippen LogP) is 0.489. The highest BCUT2D eigenvalue weighted by Crippen LogP contribution is 2.27. The Hall–Kier alpha value is -1.61. The lowest BCUT2D eigenvalue weighted by atomic mass is 10.2. The summed E-state index contributed by atoms with van der Waals surface area (Å²) in [6, 6.07) is 0.684. The Labute approximate surface area is 113 Å². The molecule has 1 aromatic rings. The number of alkyl halides is 3. The molecule has 2 rings (SSSR count). The van der Waals surface area contributed by atoms with Crippen LogP contribution in [-0.2, 0) is 10.9 Å². The zero-order valence-corrected chi connectivity index (χ0v) is 10.8. The number of aromatic nitrogens is 2. The van der Waals surface area contributed by atoms with Gasteiger partial charge in [0.2, 0.25) is 0 Å². The van der Waals surface area contributed by atoms with Crippen molar-refractivity contribution in [2.24, 2.45) is 0 Å². The molecule has 1 fully saturated rings. The molecule has 1 aliphatic heterocycles. The second-order valence-corrected chi connectivity index (χ2v) is 4.63. The molecule has 0 aromatic carbocycles. The van der Waals surface area contributed by atoms with Gasteiger partial charge in [-0.1, -0.05) is 0 Å². The fourth-order valence-corrected chi connectivity index (χ4v) is 1.87. The van der Waals surface area contributed by atoms with Crippen molar-refractivity contribution in [2.75, 3.05) is 33.3 Å². The molecule has 1 amide bonds. The Balaban J connectivity index is 1.87. The Morgan fingerprint density at radius 3 is 3.00 bits per heavy atom. The molecule has 1 aromatic heterocycles. The van der Waals surface area contributed by atoms with E-state index in [2.05, 4.69) is 15.3 Å². The van der Waals surface area contributed by atoms with Crippen LogP contribution in [0.5, 0.6) is 0 Å². The Morgan fingerprint density at radius 2 is 2.40 bits per heavy atom. The Kier molecular flexibility index (Phi) is 4.29. The Bertz CT molecular complexity index is 474. The van der Waals surface area contributed by atoms with Gasteiger partial charge in [0.25, 0.3) is 5.91 Å². The predicted molar refractivity (Wildman–Crippen MR) is 63.2 cm³/mol. The van der Waals surface area contributed by atoms with Crippen LogP contribution >= 0.6 is 0 Å². The van der Waals surface area contributed by atoms with Crippen molar-refractivity contribution in [1.82, 2.24) is 20.4 Å². The third kappa shape index (κ3) is 3.70. The topological polar surface area (TPSA) is 70.2 Å². The van der Waals surface area contributed by atoms with Crippen LogP contribution in [0.3, 0.4) is 0 Å². The first-order valence-corrected chi connectivity index (χ1v) is 6.07. The molecule has 1 aliphatic rings. The number of carbonyl (C=O) groups excluding carboxylic acids is 1. The summed E-state index contributed by atoms with van der Waals surface area (Å²) in [6.45, 7) is 2.28. The van der Waals surface area contributed by atoms with Gasteiger partial charge in [-0.25, -0.2) is 0 Å². The SMILES string of the molecule is CN1CCO[C@@H](CNC(=O)c2cc(C(F)(F)F)[nH]n2)C1. The molecule has 0 saturated carbocycles. The number of likely N-dealkylation sites (N-methyl/N-ethyl adjacent to an activating group) is 1. The quantitative estimate of drug-likeness (QED) is 0.850. The molecule has 0 spiro atoms. The van der Waals surface area contributed by atoms with E-state index in [1.807, 2.05) is 7.05 Å². The van der Waals surface area contributed by atoms with Gasteiger partial charge in [0.15, 0.2) is 5.69 Å². The molecule has 0 radical (unpaired) electrons. The number of halogens is 3. The minimum Gasteiger partial charge on any atom is -0.374 e. The normalized spacial score (nSPS) is 20.9. The second kappa shape index (κ2) is 5.80. The third-order valence-electron chi connectivity index (χ3n) is 2.95. The molecule has 1 atom stereocenters. The van der Waals surface area contributed by atoms with E-state index in [0.717, 1.165) is 6.54 Å². The first kappa shape index (κ1) is 14.8. The maximum atomic E-state index is 12.4. The highest BCUT2D eigenvalue weighted by atomic mass is 19.4. The van der Waals surface area contributed by atoms with Gasteiger partial charge in [-0.05, 0) is 7.05 Å². The van der Waals surface area contributed by atoms with E-state index in [1.54, 1.807) is 5.10 Å². The number of H-pyrrole nitrogens is 1. The summed E-state index contributed by atoms with van der Waals surface area (Å²) < 4.78 is 42.5. The molecule has 0 bridgehead atoms. The van der Waals surface area contributed by atoms with Gasteiger partial charge in [0.1, 0.15) is 5.69 Å². The Morgan fingerprint density at radius 1 is 1.65 bits per heavy atom. The number of hydrogen-bond acceptors (Lipinski definition) is 4. The number of morpholine rings is 1. The van der Waals surface area contributed by atoms with Gasteiger partial charge in [0.05, 0.1) is 12.7 Å². The first-order valence-electron chi connectivity index (χ1n) is 6.07. The number of nitrogens with zero attached hydrogens (tertiary/aromatic N) is 2. The molecule has 1 saturated heterocycles. The van der Waals surface area contributed by atoms with Crippen molar-refractivity contribution in [1.29, 1.82) is 0 Å².